The summed E-state index contributed by atoms with van der Waals surface area (Å²) < 4.78 is 5.75. The second-order valence-corrected chi connectivity index (χ2v) is 5.84. The summed E-state index contributed by atoms with van der Waals surface area (Å²) in [5.74, 6) is 0.904. The quantitative estimate of drug-likeness (QED) is 0.884. The average Bonchev–Trinajstić information content (AvgIpc) is 2.35. The SMILES string of the molecule is CNC(C#N)CCOc1ccc(C(C)(C)C)cc1C. The van der Waals surface area contributed by atoms with E-state index >= 15 is 0 Å². The fourth-order valence-electron chi connectivity index (χ4n) is 1.84. The van der Waals surface area contributed by atoms with Gasteiger partial charge in [-0.3, -0.25) is 0 Å². The molecule has 1 unspecified atom stereocenters. The molecule has 0 fully saturated rings. The van der Waals surface area contributed by atoms with E-state index in [1.165, 1.54) is 5.56 Å². The van der Waals surface area contributed by atoms with Crippen LogP contribution in [0.5, 0.6) is 5.75 Å². The number of rotatable bonds is 5. The number of ether oxygens (including phenoxy) is 1. The normalized spacial score (nSPS) is 12.8. The van der Waals surface area contributed by atoms with Gasteiger partial charge in [-0.15, -0.1) is 0 Å². The van der Waals surface area contributed by atoms with Gasteiger partial charge in [-0.2, -0.15) is 5.26 Å². The molecular formula is C16H24N2O. The lowest BCUT2D eigenvalue weighted by Crippen LogP contribution is -2.25. The van der Waals surface area contributed by atoms with Gasteiger partial charge in [0.1, 0.15) is 5.75 Å². The highest BCUT2D eigenvalue weighted by molar-refractivity contribution is 5.38. The van der Waals surface area contributed by atoms with E-state index in [9.17, 15) is 0 Å². The van der Waals surface area contributed by atoms with E-state index in [0.717, 1.165) is 11.3 Å². The Morgan fingerprint density at radius 2 is 2.05 bits per heavy atom. The van der Waals surface area contributed by atoms with Gasteiger partial charge >= 0.3 is 0 Å². The summed E-state index contributed by atoms with van der Waals surface area (Å²) in [6.07, 6.45) is 0.688. The lowest BCUT2D eigenvalue weighted by atomic mass is 9.86. The lowest BCUT2D eigenvalue weighted by Gasteiger charge is -2.20. The first-order valence-electron chi connectivity index (χ1n) is 6.69. The Kier molecular flexibility index (Phi) is 5.38. The molecule has 0 aromatic heterocycles. The number of benzene rings is 1. The molecule has 0 bridgehead atoms. The summed E-state index contributed by atoms with van der Waals surface area (Å²) >= 11 is 0. The van der Waals surface area contributed by atoms with E-state index < -0.39 is 0 Å². The van der Waals surface area contributed by atoms with E-state index in [2.05, 4.69) is 51.2 Å². The van der Waals surface area contributed by atoms with E-state index in [4.69, 9.17) is 10.00 Å². The molecule has 1 aromatic carbocycles. The van der Waals surface area contributed by atoms with Crippen LogP contribution in [0.3, 0.4) is 0 Å². The highest BCUT2D eigenvalue weighted by atomic mass is 16.5. The van der Waals surface area contributed by atoms with Gasteiger partial charge in [-0.1, -0.05) is 32.9 Å². The molecule has 19 heavy (non-hydrogen) atoms. The molecule has 1 atom stereocenters. The average molecular weight is 260 g/mol. The predicted octanol–water partition coefficient (Wildman–Crippen LogP) is 3.17. The van der Waals surface area contributed by atoms with Gasteiger partial charge in [0, 0.05) is 6.42 Å². The Bertz CT molecular complexity index is 455. The summed E-state index contributed by atoms with van der Waals surface area (Å²) in [5.41, 5.74) is 2.61. The van der Waals surface area contributed by atoms with Crippen molar-refractivity contribution in [2.75, 3.05) is 13.7 Å². The van der Waals surface area contributed by atoms with Crippen molar-refractivity contribution in [3.63, 3.8) is 0 Å². The second kappa shape index (κ2) is 6.58. The van der Waals surface area contributed by atoms with E-state index in [1.54, 1.807) is 7.05 Å². The zero-order valence-electron chi connectivity index (χ0n) is 12.6. The Hall–Kier alpha value is -1.53. The smallest absolute Gasteiger partial charge is 0.122 e. The minimum Gasteiger partial charge on any atom is -0.493 e. The molecule has 0 aliphatic carbocycles. The van der Waals surface area contributed by atoms with Crippen LogP contribution in [-0.2, 0) is 5.41 Å². The highest BCUT2D eigenvalue weighted by Gasteiger charge is 2.14. The van der Waals surface area contributed by atoms with E-state index in [0.29, 0.717) is 13.0 Å². The van der Waals surface area contributed by atoms with Gasteiger partial charge in [-0.25, -0.2) is 0 Å². The number of nitriles is 1. The first kappa shape index (κ1) is 15.5. The molecule has 0 spiro atoms. The molecule has 104 valence electrons. The topological polar surface area (TPSA) is 45.0 Å². The van der Waals surface area contributed by atoms with Gasteiger partial charge in [0.05, 0.1) is 18.7 Å². The molecule has 1 aromatic rings. The molecular weight excluding hydrogens is 236 g/mol. The number of hydrogen-bond donors (Lipinski definition) is 1. The molecule has 1 N–H and O–H groups in total. The monoisotopic (exact) mass is 260 g/mol. The molecule has 0 amide bonds. The van der Waals surface area contributed by atoms with Crippen LogP contribution in [0.2, 0.25) is 0 Å². The van der Waals surface area contributed by atoms with E-state index in [-0.39, 0.29) is 11.5 Å². The van der Waals surface area contributed by atoms with Crippen molar-refractivity contribution < 1.29 is 4.74 Å². The fourth-order valence-corrected chi connectivity index (χ4v) is 1.84. The van der Waals surface area contributed by atoms with Crippen LogP contribution in [0, 0.1) is 18.3 Å². The van der Waals surface area contributed by atoms with Gasteiger partial charge in [0.2, 0.25) is 0 Å². The van der Waals surface area contributed by atoms with Crippen molar-refractivity contribution in [1.29, 1.82) is 5.26 Å². The van der Waals surface area contributed by atoms with Crippen LogP contribution >= 0.6 is 0 Å². The van der Waals surface area contributed by atoms with Crippen molar-refractivity contribution in [1.82, 2.24) is 5.32 Å². The van der Waals surface area contributed by atoms with Crippen molar-refractivity contribution in [2.24, 2.45) is 0 Å². The third kappa shape index (κ3) is 4.57. The van der Waals surface area contributed by atoms with Crippen LogP contribution in [-0.4, -0.2) is 19.7 Å². The number of hydrogen-bond acceptors (Lipinski definition) is 3. The molecule has 0 radical (unpaired) electrons. The Morgan fingerprint density at radius 3 is 2.53 bits per heavy atom. The number of aryl methyl sites for hydroxylation is 1. The third-order valence-electron chi connectivity index (χ3n) is 3.21. The number of nitrogens with one attached hydrogen (secondary N) is 1. The molecule has 0 saturated carbocycles. The standard InChI is InChI=1S/C16H24N2O/c1-12-10-13(16(2,3)4)6-7-15(12)19-9-8-14(11-17)18-5/h6-7,10,14,18H,8-9H2,1-5H3. The maximum Gasteiger partial charge on any atom is 0.122 e. The molecule has 0 heterocycles. The summed E-state index contributed by atoms with van der Waals surface area (Å²) in [6, 6.07) is 8.36. The summed E-state index contributed by atoms with van der Waals surface area (Å²) in [6.45, 7) is 9.21. The van der Waals surface area contributed by atoms with Crippen LogP contribution in [0.25, 0.3) is 0 Å². The maximum atomic E-state index is 8.84. The molecule has 1 rings (SSSR count). The van der Waals surface area contributed by atoms with Crippen molar-refractivity contribution in [3.05, 3.63) is 29.3 Å². The van der Waals surface area contributed by atoms with E-state index in [1.807, 2.05) is 6.07 Å². The van der Waals surface area contributed by atoms with Crippen molar-refractivity contribution in [3.8, 4) is 11.8 Å². The van der Waals surface area contributed by atoms with Crippen LogP contribution < -0.4 is 10.1 Å². The largest absolute Gasteiger partial charge is 0.493 e. The summed E-state index contributed by atoms with van der Waals surface area (Å²) in [7, 11) is 1.79. The second-order valence-electron chi connectivity index (χ2n) is 5.84. The van der Waals surface area contributed by atoms with Gasteiger partial charge in [0.25, 0.3) is 0 Å². The summed E-state index contributed by atoms with van der Waals surface area (Å²) in [4.78, 5) is 0. The minimum absolute atomic E-state index is 0.144. The molecule has 0 aliphatic rings. The minimum atomic E-state index is -0.144. The third-order valence-corrected chi connectivity index (χ3v) is 3.21. The highest BCUT2D eigenvalue weighted by Crippen LogP contribution is 2.27. The Balaban J connectivity index is 2.64. The molecule has 0 aliphatic heterocycles. The Morgan fingerprint density at radius 1 is 1.37 bits per heavy atom. The van der Waals surface area contributed by atoms with Crippen molar-refractivity contribution >= 4 is 0 Å². The predicted molar refractivity (Wildman–Crippen MR) is 78.5 cm³/mol. The van der Waals surface area contributed by atoms with Gasteiger partial charge in [0.15, 0.2) is 0 Å². The number of nitrogens with zero attached hydrogens (tertiary/aromatic N) is 1. The van der Waals surface area contributed by atoms with Gasteiger partial charge < -0.3 is 10.1 Å². The first-order chi connectivity index (χ1) is 8.88. The maximum absolute atomic E-state index is 8.84. The van der Waals surface area contributed by atoms with Crippen LogP contribution in [0.1, 0.15) is 38.3 Å². The molecule has 3 nitrogen and oxygen atoms in total. The fraction of sp³-hybridized carbons (Fsp3) is 0.562. The first-order valence-corrected chi connectivity index (χ1v) is 6.69. The zero-order chi connectivity index (χ0) is 14.5. The molecule has 0 saturated heterocycles. The van der Waals surface area contributed by atoms with Crippen molar-refractivity contribution in [2.45, 2.75) is 45.6 Å². The zero-order valence-corrected chi connectivity index (χ0v) is 12.6. The Labute approximate surface area is 116 Å². The summed E-state index contributed by atoms with van der Waals surface area (Å²) in [5, 5.41) is 11.8. The molecule has 3 heteroatoms. The lowest BCUT2D eigenvalue weighted by molar-refractivity contribution is 0.298. The van der Waals surface area contributed by atoms with Crippen LogP contribution in [0.4, 0.5) is 0 Å². The van der Waals surface area contributed by atoms with Gasteiger partial charge in [-0.05, 0) is 36.6 Å². The van der Waals surface area contributed by atoms with Crippen LogP contribution in [0.15, 0.2) is 18.2 Å².